The molecule has 0 saturated carbocycles. The lowest BCUT2D eigenvalue weighted by Crippen LogP contribution is -2.24. The molecule has 2 heterocycles. The van der Waals surface area contributed by atoms with E-state index in [9.17, 15) is 14.9 Å². The molecule has 170 valence electrons. The van der Waals surface area contributed by atoms with Crippen molar-refractivity contribution in [3.8, 4) is 28.4 Å². The molecular formula is C25H20N4O5. The quantitative estimate of drug-likeness (QED) is 0.332. The Bertz CT molecular complexity index is 1350. The number of amides is 1. The van der Waals surface area contributed by atoms with E-state index in [4.69, 9.17) is 9.47 Å². The highest BCUT2D eigenvalue weighted by molar-refractivity contribution is 5.81. The minimum atomic E-state index is -0.448. The molecule has 0 radical (unpaired) electrons. The minimum absolute atomic E-state index is 0.00531. The van der Waals surface area contributed by atoms with Gasteiger partial charge in [0.2, 0.25) is 12.7 Å². The molecule has 9 nitrogen and oxygen atoms in total. The third kappa shape index (κ3) is 4.44. The molecule has 9 heteroatoms. The number of ether oxygens (including phenoxy) is 2. The molecule has 1 amide bonds. The summed E-state index contributed by atoms with van der Waals surface area (Å²) in [6.45, 7) is 0.539. The van der Waals surface area contributed by atoms with E-state index in [1.165, 1.54) is 12.1 Å². The van der Waals surface area contributed by atoms with Crippen LogP contribution < -0.4 is 14.8 Å². The van der Waals surface area contributed by atoms with Crippen LogP contribution in [0.1, 0.15) is 11.1 Å². The fourth-order valence-electron chi connectivity index (χ4n) is 3.72. The number of carbonyl (C=O) groups is 1. The van der Waals surface area contributed by atoms with E-state index in [2.05, 4.69) is 10.4 Å². The van der Waals surface area contributed by atoms with Gasteiger partial charge < -0.3 is 14.8 Å². The van der Waals surface area contributed by atoms with Gasteiger partial charge in [0, 0.05) is 36.0 Å². The lowest BCUT2D eigenvalue weighted by molar-refractivity contribution is -0.384. The average Bonchev–Trinajstić information content (AvgIpc) is 3.50. The summed E-state index contributed by atoms with van der Waals surface area (Å²) in [6.07, 6.45) is 1.91. The standard InChI is InChI=1S/C25H20N4O5/c30-24(26-14-17-6-11-22-23(12-17)34-16-33-22)13-19-15-28(20-4-2-1-3-5-20)27-25(19)18-7-9-21(10-8-18)29(31)32/h1-12,15H,13-14,16H2,(H,26,30). The van der Waals surface area contributed by atoms with Crippen LogP contribution in [0.2, 0.25) is 0 Å². The number of non-ortho nitro benzene ring substituents is 1. The van der Waals surface area contributed by atoms with E-state index in [1.807, 2.05) is 54.7 Å². The third-order valence-electron chi connectivity index (χ3n) is 5.44. The number of benzene rings is 3. The van der Waals surface area contributed by atoms with Gasteiger partial charge in [-0.15, -0.1) is 0 Å². The molecule has 5 rings (SSSR count). The first-order valence-corrected chi connectivity index (χ1v) is 10.6. The van der Waals surface area contributed by atoms with Crippen LogP contribution in [0, 0.1) is 10.1 Å². The van der Waals surface area contributed by atoms with Crippen molar-refractivity contribution in [2.75, 3.05) is 6.79 Å². The molecule has 0 spiro atoms. The van der Waals surface area contributed by atoms with Gasteiger partial charge in [-0.25, -0.2) is 4.68 Å². The van der Waals surface area contributed by atoms with Crippen LogP contribution >= 0.6 is 0 Å². The van der Waals surface area contributed by atoms with E-state index in [-0.39, 0.29) is 24.8 Å². The van der Waals surface area contributed by atoms with Gasteiger partial charge >= 0.3 is 0 Å². The first kappa shape index (κ1) is 21.2. The Balaban J connectivity index is 1.37. The number of nitro groups is 1. The van der Waals surface area contributed by atoms with Crippen LogP contribution in [-0.2, 0) is 17.8 Å². The number of fused-ring (bicyclic) bond motifs is 1. The van der Waals surface area contributed by atoms with Gasteiger partial charge in [0.1, 0.15) is 0 Å². The second-order valence-electron chi connectivity index (χ2n) is 7.73. The van der Waals surface area contributed by atoms with Crippen LogP contribution in [0.15, 0.2) is 79.0 Å². The summed E-state index contributed by atoms with van der Waals surface area (Å²) in [5, 5.41) is 18.6. The summed E-state index contributed by atoms with van der Waals surface area (Å²) in [4.78, 5) is 23.4. The zero-order valence-electron chi connectivity index (χ0n) is 18.0. The number of aromatic nitrogens is 2. The first-order valence-electron chi connectivity index (χ1n) is 10.6. The van der Waals surface area contributed by atoms with Crippen molar-refractivity contribution in [1.29, 1.82) is 0 Å². The number of nitrogens with zero attached hydrogens (tertiary/aromatic N) is 3. The van der Waals surface area contributed by atoms with E-state index in [0.717, 1.165) is 11.3 Å². The van der Waals surface area contributed by atoms with Gasteiger partial charge in [0.25, 0.3) is 5.69 Å². The van der Waals surface area contributed by atoms with Crippen molar-refractivity contribution in [1.82, 2.24) is 15.1 Å². The summed E-state index contributed by atoms with van der Waals surface area (Å²) >= 11 is 0. The van der Waals surface area contributed by atoms with Gasteiger partial charge in [0.15, 0.2) is 11.5 Å². The monoisotopic (exact) mass is 456 g/mol. The summed E-state index contributed by atoms with van der Waals surface area (Å²) in [5.74, 6) is 1.18. The van der Waals surface area contributed by atoms with E-state index >= 15 is 0 Å². The molecule has 3 aromatic carbocycles. The largest absolute Gasteiger partial charge is 0.454 e. The fraction of sp³-hybridized carbons (Fsp3) is 0.120. The van der Waals surface area contributed by atoms with Crippen molar-refractivity contribution in [2.45, 2.75) is 13.0 Å². The number of rotatable bonds is 7. The van der Waals surface area contributed by atoms with E-state index in [1.54, 1.807) is 16.8 Å². The van der Waals surface area contributed by atoms with Crippen LogP contribution in [-0.4, -0.2) is 27.4 Å². The Morgan fingerprint density at radius 3 is 2.56 bits per heavy atom. The zero-order chi connectivity index (χ0) is 23.5. The molecule has 0 atom stereocenters. The molecule has 0 bridgehead atoms. The molecule has 0 fully saturated rings. The maximum absolute atomic E-state index is 12.8. The SMILES string of the molecule is O=C(Cc1cn(-c2ccccc2)nc1-c1ccc([N+](=O)[O-])cc1)NCc1ccc2c(c1)OCO2. The summed E-state index contributed by atoms with van der Waals surface area (Å²) < 4.78 is 12.4. The number of nitro benzene ring substituents is 1. The van der Waals surface area contributed by atoms with Gasteiger partial charge in [-0.1, -0.05) is 24.3 Å². The molecular weight excluding hydrogens is 436 g/mol. The number of hydrogen-bond acceptors (Lipinski definition) is 6. The smallest absolute Gasteiger partial charge is 0.269 e. The normalized spacial score (nSPS) is 11.9. The molecule has 1 N–H and O–H groups in total. The van der Waals surface area contributed by atoms with Crippen LogP contribution in [0.4, 0.5) is 5.69 Å². The predicted octanol–water partition coefficient (Wildman–Crippen LogP) is 4.04. The third-order valence-corrected chi connectivity index (χ3v) is 5.44. The second-order valence-corrected chi connectivity index (χ2v) is 7.73. The van der Waals surface area contributed by atoms with Crippen LogP contribution in [0.25, 0.3) is 16.9 Å². The minimum Gasteiger partial charge on any atom is -0.454 e. The lowest BCUT2D eigenvalue weighted by Gasteiger charge is -2.07. The maximum Gasteiger partial charge on any atom is 0.269 e. The van der Waals surface area contributed by atoms with Crippen molar-refractivity contribution < 1.29 is 19.2 Å². The highest BCUT2D eigenvalue weighted by Crippen LogP contribution is 2.32. The zero-order valence-corrected chi connectivity index (χ0v) is 18.0. The molecule has 0 unspecified atom stereocenters. The van der Waals surface area contributed by atoms with Gasteiger partial charge in [-0.05, 0) is 42.0 Å². The Morgan fingerprint density at radius 2 is 1.79 bits per heavy atom. The molecule has 0 aliphatic carbocycles. The van der Waals surface area contributed by atoms with Gasteiger partial charge in [-0.3, -0.25) is 14.9 Å². The van der Waals surface area contributed by atoms with E-state index < -0.39 is 4.92 Å². The van der Waals surface area contributed by atoms with Gasteiger partial charge in [-0.2, -0.15) is 5.10 Å². The molecule has 1 aliphatic rings. The fourth-order valence-corrected chi connectivity index (χ4v) is 3.72. The predicted molar refractivity (Wildman–Crippen MR) is 124 cm³/mol. The van der Waals surface area contributed by atoms with Crippen molar-refractivity contribution in [3.05, 3.63) is 100 Å². The first-order chi connectivity index (χ1) is 16.6. The summed E-state index contributed by atoms with van der Waals surface area (Å²) in [6, 6.07) is 21.2. The van der Waals surface area contributed by atoms with Crippen molar-refractivity contribution in [3.63, 3.8) is 0 Å². The number of carbonyl (C=O) groups excluding carboxylic acids is 1. The Kier molecular flexibility index (Phi) is 5.65. The summed E-state index contributed by atoms with van der Waals surface area (Å²) in [7, 11) is 0. The lowest BCUT2D eigenvalue weighted by atomic mass is 10.1. The second kappa shape index (κ2) is 9.07. The molecule has 1 aromatic heterocycles. The Hall–Kier alpha value is -4.66. The molecule has 4 aromatic rings. The van der Waals surface area contributed by atoms with E-state index in [0.29, 0.717) is 34.9 Å². The molecule has 34 heavy (non-hydrogen) atoms. The molecule has 1 aliphatic heterocycles. The van der Waals surface area contributed by atoms with Crippen molar-refractivity contribution in [2.24, 2.45) is 0 Å². The number of para-hydroxylation sites is 1. The van der Waals surface area contributed by atoms with Gasteiger partial charge in [0.05, 0.1) is 22.7 Å². The molecule has 0 saturated heterocycles. The summed E-state index contributed by atoms with van der Waals surface area (Å²) in [5.41, 5.74) is 3.73. The topological polar surface area (TPSA) is 109 Å². The van der Waals surface area contributed by atoms with Crippen LogP contribution in [0.5, 0.6) is 11.5 Å². The average molecular weight is 456 g/mol. The van der Waals surface area contributed by atoms with Crippen LogP contribution in [0.3, 0.4) is 0 Å². The number of nitrogens with one attached hydrogen (secondary N) is 1. The number of hydrogen-bond donors (Lipinski definition) is 1. The Labute approximate surface area is 194 Å². The highest BCUT2D eigenvalue weighted by atomic mass is 16.7. The highest BCUT2D eigenvalue weighted by Gasteiger charge is 2.17. The Morgan fingerprint density at radius 1 is 1.03 bits per heavy atom. The maximum atomic E-state index is 12.8. The van der Waals surface area contributed by atoms with Crippen molar-refractivity contribution >= 4 is 11.6 Å².